The number of rotatable bonds is 12. The summed E-state index contributed by atoms with van der Waals surface area (Å²) in [5.41, 5.74) is 3.60. The van der Waals surface area contributed by atoms with E-state index in [-0.39, 0.29) is 19.8 Å². The monoisotopic (exact) mass is 358 g/mol. The summed E-state index contributed by atoms with van der Waals surface area (Å²) in [6.45, 7) is 4.39. The standard InChI is InChI=1S/C21H30N2O3/c24-13-10-22(11-14-25)16-20-6-8-21(9-7-20)18-23(12-15-26)17-19-4-2-1-3-5-19/h1-9,24-26H,10-18H2. The largest absolute Gasteiger partial charge is 0.395 e. The fraction of sp³-hybridized carbons (Fsp3) is 0.429. The van der Waals surface area contributed by atoms with Gasteiger partial charge >= 0.3 is 0 Å². The Morgan fingerprint density at radius 3 is 1.35 bits per heavy atom. The van der Waals surface area contributed by atoms with Crippen LogP contribution in [0.15, 0.2) is 54.6 Å². The van der Waals surface area contributed by atoms with Crippen molar-refractivity contribution in [3.8, 4) is 0 Å². The quantitative estimate of drug-likeness (QED) is 0.536. The smallest absolute Gasteiger partial charge is 0.0558 e. The molecule has 0 aliphatic rings. The van der Waals surface area contributed by atoms with E-state index >= 15 is 0 Å². The second-order valence-electron chi connectivity index (χ2n) is 6.46. The third kappa shape index (κ3) is 7.23. The van der Waals surface area contributed by atoms with Gasteiger partial charge in [-0.1, -0.05) is 54.6 Å². The molecule has 0 saturated heterocycles. The molecule has 0 aliphatic carbocycles. The Bertz CT molecular complexity index is 598. The van der Waals surface area contributed by atoms with Crippen LogP contribution >= 0.6 is 0 Å². The molecule has 0 unspecified atom stereocenters. The van der Waals surface area contributed by atoms with Crippen molar-refractivity contribution in [1.82, 2.24) is 9.80 Å². The molecule has 3 N–H and O–H groups in total. The van der Waals surface area contributed by atoms with Gasteiger partial charge in [-0.05, 0) is 16.7 Å². The maximum Gasteiger partial charge on any atom is 0.0558 e. The van der Waals surface area contributed by atoms with Crippen LogP contribution in [0.1, 0.15) is 16.7 Å². The molecule has 0 radical (unpaired) electrons. The fourth-order valence-electron chi connectivity index (χ4n) is 3.02. The van der Waals surface area contributed by atoms with Crippen LogP contribution in [-0.2, 0) is 19.6 Å². The minimum atomic E-state index is 0.0910. The third-order valence-electron chi connectivity index (χ3n) is 4.33. The lowest BCUT2D eigenvalue weighted by Crippen LogP contribution is -2.29. The van der Waals surface area contributed by atoms with Gasteiger partial charge in [0, 0.05) is 39.3 Å². The van der Waals surface area contributed by atoms with E-state index in [1.807, 2.05) is 23.1 Å². The first kappa shape index (κ1) is 20.6. The average Bonchev–Trinajstić information content (AvgIpc) is 2.65. The molecule has 2 rings (SSSR count). The molecule has 142 valence electrons. The Balaban J connectivity index is 1.94. The molecular weight excluding hydrogens is 328 g/mol. The SMILES string of the molecule is OCCN(CCO)Cc1ccc(CN(CCO)Cc2ccccc2)cc1. The normalized spacial score (nSPS) is 11.4. The zero-order valence-corrected chi connectivity index (χ0v) is 15.3. The minimum Gasteiger partial charge on any atom is -0.395 e. The highest BCUT2D eigenvalue weighted by molar-refractivity contribution is 5.23. The van der Waals surface area contributed by atoms with E-state index in [4.69, 9.17) is 10.2 Å². The van der Waals surface area contributed by atoms with Gasteiger partial charge in [0.05, 0.1) is 19.8 Å². The van der Waals surface area contributed by atoms with Crippen molar-refractivity contribution >= 4 is 0 Å². The van der Waals surface area contributed by atoms with Gasteiger partial charge in [-0.15, -0.1) is 0 Å². The topological polar surface area (TPSA) is 67.2 Å². The van der Waals surface area contributed by atoms with E-state index in [1.165, 1.54) is 11.1 Å². The Labute approximate surface area is 156 Å². The highest BCUT2D eigenvalue weighted by Crippen LogP contribution is 2.12. The highest BCUT2D eigenvalue weighted by atomic mass is 16.3. The fourth-order valence-corrected chi connectivity index (χ4v) is 3.02. The molecule has 2 aromatic rings. The van der Waals surface area contributed by atoms with Crippen LogP contribution in [-0.4, -0.2) is 64.6 Å². The Morgan fingerprint density at radius 1 is 0.500 bits per heavy atom. The summed E-state index contributed by atoms with van der Waals surface area (Å²) in [5.74, 6) is 0. The predicted octanol–water partition coefficient (Wildman–Crippen LogP) is 1.47. The van der Waals surface area contributed by atoms with Gasteiger partial charge in [0.25, 0.3) is 0 Å². The predicted molar refractivity (Wildman–Crippen MR) is 104 cm³/mol. The van der Waals surface area contributed by atoms with Gasteiger partial charge < -0.3 is 15.3 Å². The Morgan fingerprint density at radius 2 is 0.885 bits per heavy atom. The van der Waals surface area contributed by atoms with Crippen molar-refractivity contribution in [1.29, 1.82) is 0 Å². The van der Waals surface area contributed by atoms with Crippen LogP contribution in [0, 0.1) is 0 Å². The van der Waals surface area contributed by atoms with E-state index in [1.54, 1.807) is 0 Å². The number of benzene rings is 2. The van der Waals surface area contributed by atoms with Crippen LogP contribution in [0.4, 0.5) is 0 Å². The number of hydrogen-bond acceptors (Lipinski definition) is 5. The zero-order chi connectivity index (χ0) is 18.6. The summed E-state index contributed by atoms with van der Waals surface area (Å²) < 4.78 is 0. The summed E-state index contributed by atoms with van der Waals surface area (Å²) in [4.78, 5) is 4.26. The van der Waals surface area contributed by atoms with E-state index in [9.17, 15) is 5.11 Å². The molecule has 0 atom stereocenters. The molecule has 0 amide bonds. The van der Waals surface area contributed by atoms with Gasteiger partial charge in [0.15, 0.2) is 0 Å². The molecule has 0 aliphatic heterocycles. The molecular formula is C21H30N2O3. The van der Waals surface area contributed by atoms with Gasteiger partial charge in [0.1, 0.15) is 0 Å². The highest BCUT2D eigenvalue weighted by Gasteiger charge is 2.08. The number of hydrogen-bond donors (Lipinski definition) is 3. The summed E-state index contributed by atoms with van der Waals surface area (Å²) in [5, 5.41) is 27.6. The van der Waals surface area contributed by atoms with Crippen LogP contribution in [0.5, 0.6) is 0 Å². The molecule has 0 saturated carbocycles. The Hall–Kier alpha value is -1.76. The van der Waals surface area contributed by atoms with Crippen molar-refractivity contribution in [3.05, 3.63) is 71.3 Å². The molecule has 0 fully saturated rings. The first-order valence-corrected chi connectivity index (χ1v) is 9.14. The van der Waals surface area contributed by atoms with Crippen molar-refractivity contribution in [3.63, 3.8) is 0 Å². The van der Waals surface area contributed by atoms with E-state index in [2.05, 4.69) is 41.3 Å². The average molecular weight is 358 g/mol. The van der Waals surface area contributed by atoms with Gasteiger partial charge in [-0.25, -0.2) is 0 Å². The van der Waals surface area contributed by atoms with Crippen molar-refractivity contribution < 1.29 is 15.3 Å². The molecule has 0 spiro atoms. The summed E-state index contributed by atoms with van der Waals surface area (Å²) in [7, 11) is 0. The molecule has 0 bridgehead atoms. The first-order valence-electron chi connectivity index (χ1n) is 9.14. The number of nitrogens with zero attached hydrogens (tertiary/aromatic N) is 2. The van der Waals surface area contributed by atoms with Gasteiger partial charge in [-0.3, -0.25) is 9.80 Å². The van der Waals surface area contributed by atoms with Crippen molar-refractivity contribution in [2.24, 2.45) is 0 Å². The third-order valence-corrected chi connectivity index (χ3v) is 4.33. The number of aliphatic hydroxyl groups excluding tert-OH is 3. The lowest BCUT2D eigenvalue weighted by Gasteiger charge is -2.22. The maximum absolute atomic E-state index is 9.35. The minimum absolute atomic E-state index is 0.0910. The van der Waals surface area contributed by atoms with Gasteiger partial charge in [0.2, 0.25) is 0 Å². The van der Waals surface area contributed by atoms with Crippen LogP contribution in [0.3, 0.4) is 0 Å². The van der Waals surface area contributed by atoms with Crippen LogP contribution in [0.25, 0.3) is 0 Å². The lowest BCUT2D eigenvalue weighted by atomic mass is 10.1. The van der Waals surface area contributed by atoms with E-state index in [0.29, 0.717) is 26.2 Å². The summed E-state index contributed by atoms with van der Waals surface area (Å²) >= 11 is 0. The van der Waals surface area contributed by atoms with Gasteiger partial charge in [-0.2, -0.15) is 0 Å². The van der Waals surface area contributed by atoms with E-state index in [0.717, 1.165) is 18.7 Å². The molecule has 5 heteroatoms. The second-order valence-corrected chi connectivity index (χ2v) is 6.46. The van der Waals surface area contributed by atoms with Crippen molar-refractivity contribution in [2.45, 2.75) is 19.6 Å². The first-order chi connectivity index (χ1) is 12.7. The molecule has 0 heterocycles. The van der Waals surface area contributed by atoms with Crippen molar-refractivity contribution in [2.75, 3.05) is 39.5 Å². The van der Waals surface area contributed by atoms with Crippen LogP contribution in [0.2, 0.25) is 0 Å². The molecule has 0 aromatic heterocycles. The summed E-state index contributed by atoms with van der Waals surface area (Å²) in [6, 6.07) is 18.7. The van der Waals surface area contributed by atoms with E-state index < -0.39 is 0 Å². The molecule has 2 aromatic carbocycles. The molecule has 5 nitrogen and oxygen atoms in total. The number of aliphatic hydroxyl groups is 3. The van der Waals surface area contributed by atoms with Crippen LogP contribution < -0.4 is 0 Å². The zero-order valence-electron chi connectivity index (χ0n) is 15.3. The second kappa shape index (κ2) is 11.8. The maximum atomic E-state index is 9.35. The summed E-state index contributed by atoms with van der Waals surface area (Å²) in [6.07, 6.45) is 0. The Kier molecular flexibility index (Phi) is 9.31. The lowest BCUT2D eigenvalue weighted by molar-refractivity contribution is 0.156. The molecule has 26 heavy (non-hydrogen) atoms.